The zero-order valence-corrected chi connectivity index (χ0v) is 16.1. The molecule has 1 heterocycles. The van der Waals surface area contributed by atoms with Crippen molar-refractivity contribution in [1.29, 1.82) is 0 Å². The molecule has 1 atom stereocenters. The van der Waals surface area contributed by atoms with E-state index < -0.39 is 0 Å². The first kappa shape index (κ1) is 19.0. The summed E-state index contributed by atoms with van der Waals surface area (Å²) in [6.07, 6.45) is 0. The molecule has 3 aromatic carbocycles. The molecule has 6 heteroatoms. The van der Waals surface area contributed by atoms with Gasteiger partial charge >= 0.3 is 0 Å². The fraction of sp³-hybridized carbons (Fsp3) is 0.217. The Morgan fingerprint density at radius 2 is 1.86 bits per heavy atom. The molecule has 1 fully saturated rings. The summed E-state index contributed by atoms with van der Waals surface area (Å²) in [6, 6.07) is 19.1. The van der Waals surface area contributed by atoms with Crippen molar-refractivity contribution >= 4 is 22.6 Å². The number of phenols is 1. The number of aromatic hydroxyl groups is 1. The number of hydrogen-bond acceptors (Lipinski definition) is 3. The Morgan fingerprint density at radius 1 is 1.10 bits per heavy atom. The highest BCUT2D eigenvalue weighted by Gasteiger charge is 2.24. The van der Waals surface area contributed by atoms with Gasteiger partial charge < -0.3 is 20.6 Å². The lowest BCUT2D eigenvalue weighted by molar-refractivity contribution is -0.907. The van der Waals surface area contributed by atoms with E-state index in [0.717, 1.165) is 27.8 Å². The number of carbonyl (C=O) groups excluding carboxylic acids is 2. The van der Waals surface area contributed by atoms with Crippen molar-refractivity contribution in [2.75, 3.05) is 19.6 Å². The van der Waals surface area contributed by atoms with Gasteiger partial charge in [0.2, 0.25) is 0 Å². The Balaban J connectivity index is 1.64. The Hall–Kier alpha value is -3.38. The number of rotatable bonds is 5. The number of quaternary nitrogens is 1. The Kier molecular flexibility index (Phi) is 5.44. The highest BCUT2D eigenvalue weighted by atomic mass is 16.3. The first-order valence-corrected chi connectivity index (χ1v) is 9.78. The lowest BCUT2D eigenvalue weighted by Gasteiger charge is -2.25. The number of carbonyl (C=O) groups is 2. The Labute approximate surface area is 169 Å². The number of phenolic OH excluding ortho intramolecular Hbond substituents is 1. The minimum absolute atomic E-state index is 0.00630. The van der Waals surface area contributed by atoms with Gasteiger partial charge in [0.1, 0.15) is 12.3 Å². The van der Waals surface area contributed by atoms with Crippen molar-refractivity contribution in [1.82, 2.24) is 10.6 Å². The number of fused-ring (bicyclic) bond motifs is 1. The van der Waals surface area contributed by atoms with Gasteiger partial charge in [-0.05, 0) is 22.4 Å². The predicted molar refractivity (Wildman–Crippen MR) is 111 cm³/mol. The fourth-order valence-corrected chi connectivity index (χ4v) is 3.79. The van der Waals surface area contributed by atoms with E-state index in [-0.39, 0.29) is 23.1 Å². The van der Waals surface area contributed by atoms with Gasteiger partial charge in [-0.15, -0.1) is 0 Å². The fourth-order valence-electron chi connectivity index (χ4n) is 3.79. The molecular formula is C23H24N3O3+. The van der Waals surface area contributed by atoms with Crippen LogP contribution in [0.1, 0.15) is 21.5 Å². The van der Waals surface area contributed by atoms with Crippen molar-refractivity contribution in [3.63, 3.8) is 0 Å². The van der Waals surface area contributed by atoms with Gasteiger partial charge in [0, 0.05) is 6.54 Å². The Bertz CT molecular complexity index is 1050. The second-order valence-corrected chi connectivity index (χ2v) is 7.34. The molecule has 2 amide bonds. The molecule has 29 heavy (non-hydrogen) atoms. The molecule has 0 saturated carbocycles. The maximum absolute atomic E-state index is 12.8. The maximum Gasteiger partial charge on any atom is 0.275 e. The molecule has 1 aliphatic heterocycles. The molecule has 1 aliphatic rings. The van der Waals surface area contributed by atoms with Crippen LogP contribution in [0.2, 0.25) is 0 Å². The van der Waals surface area contributed by atoms with Crippen molar-refractivity contribution in [3.8, 4) is 5.75 Å². The largest absolute Gasteiger partial charge is 0.507 e. The number of hydrogen-bond donors (Lipinski definition) is 4. The van der Waals surface area contributed by atoms with Gasteiger partial charge in [0.15, 0.2) is 6.54 Å². The summed E-state index contributed by atoms with van der Waals surface area (Å²) in [4.78, 5) is 25.7. The molecule has 6 nitrogen and oxygen atoms in total. The summed E-state index contributed by atoms with van der Waals surface area (Å²) in [5.41, 5.74) is 1.96. The molecule has 1 saturated heterocycles. The summed E-state index contributed by atoms with van der Waals surface area (Å²) in [6.45, 7) is 2.63. The molecule has 1 unspecified atom stereocenters. The minimum atomic E-state index is -0.315. The summed E-state index contributed by atoms with van der Waals surface area (Å²) in [7, 11) is 0. The van der Waals surface area contributed by atoms with Crippen LogP contribution in [0.3, 0.4) is 0 Å². The van der Waals surface area contributed by atoms with E-state index in [0.29, 0.717) is 31.7 Å². The average Bonchev–Trinajstić information content (AvgIpc) is 2.74. The van der Waals surface area contributed by atoms with Crippen LogP contribution in [0, 0.1) is 0 Å². The molecule has 4 rings (SSSR count). The third-order valence-corrected chi connectivity index (χ3v) is 5.31. The van der Waals surface area contributed by atoms with E-state index in [1.807, 2.05) is 54.6 Å². The van der Waals surface area contributed by atoms with Crippen LogP contribution >= 0.6 is 0 Å². The van der Waals surface area contributed by atoms with E-state index in [2.05, 4.69) is 10.6 Å². The van der Waals surface area contributed by atoms with Crippen LogP contribution in [0.15, 0.2) is 60.7 Å². The minimum Gasteiger partial charge on any atom is -0.507 e. The number of benzene rings is 3. The third-order valence-electron chi connectivity index (χ3n) is 5.31. The van der Waals surface area contributed by atoms with E-state index in [1.165, 1.54) is 0 Å². The molecular weight excluding hydrogens is 366 g/mol. The summed E-state index contributed by atoms with van der Waals surface area (Å²) >= 11 is 0. The monoisotopic (exact) mass is 390 g/mol. The molecule has 0 aliphatic carbocycles. The van der Waals surface area contributed by atoms with Gasteiger partial charge in [0.25, 0.3) is 11.8 Å². The second kappa shape index (κ2) is 8.32. The first-order valence-electron chi connectivity index (χ1n) is 9.78. The molecule has 4 N–H and O–H groups in total. The van der Waals surface area contributed by atoms with E-state index >= 15 is 0 Å². The summed E-state index contributed by atoms with van der Waals surface area (Å²) < 4.78 is 0. The van der Waals surface area contributed by atoms with Crippen molar-refractivity contribution in [2.45, 2.75) is 13.1 Å². The number of amides is 2. The molecule has 0 radical (unpaired) electrons. The van der Waals surface area contributed by atoms with Crippen LogP contribution < -0.4 is 15.5 Å². The molecule has 3 aromatic rings. The van der Waals surface area contributed by atoms with Gasteiger partial charge in [-0.25, -0.2) is 0 Å². The topological polar surface area (TPSA) is 82.9 Å². The molecule has 148 valence electrons. The van der Waals surface area contributed by atoms with Crippen LogP contribution in [-0.2, 0) is 17.9 Å². The molecule has 0 aromatic heterocycles. The van der Waals surface area contributed by atoms with Crippen molar-refractivity contribution in [3.05, 3.63) is 77.4 Å². The normalized spacial score (nSPS) is 16.4. The zero-order chi connectivity index (χ0) is 20.2. The average molecular weight is 390 g/mol. The second-order valence-electron chi connectivity index (χ2n) is 7.34. The quantitative estimate of drug-likeness (QED) is 0.524. The number of piperazine rings is 1. The van der Waals surface area contributed by atoms with Gasteiger partial charge in [-0.2, -0.15) is 0 Å². The van der Waals surface area contributed by atoms with Gasteiger partial charge in [-0.1, -0.05) is 54.6 Å². The first-order chi connectivity index (χ1) is 14.1. The van der Waals surface area contributed by atoms with E-state index in [1.54, 1.807) is 6.07 Å². The van der Waals surface area contributed by atoms with E-state index in [9.17, 15) is 14.7 Å². The van der Waals surface area contributed by atoms with E-state index in [4.69, 9.17) is 0 Å². The predicted octanol–water partition coefficient (Wildman–Crippen LogP) is 0.990. The third kappa shape index (κ3) is 4.22. The lowest BCUT2D eigenvalue weighted by atomic mass is 9.98. The standard InChI is InChI=1S/C23H23N3O3/c27-21-15-26(11-10-24-21)14-20-18-9-5-4-8-17(18)12-19(22(20)28)23(29)25-13-16-6-2-1-3-7-16/h1-9,12,28H,10-11,13-15H2,(H,24,27)(H,25,29)/p+1. The zero-order valence-electron chi connectivity index (χ0n) is 16.1. The molecule has 0 spiro atoms. The van der Waals surface area contributed by atoms with Crippen LogP contribution in [0.5, 0.6) is 5.75 Å². The molecule has 0 bridgehead atoms. The van der Waals surface area contributed by atoms with Gasteiger partial charge in [-0.3, -0.25) is 9.59 Å². The van der Waals surface area contributed by atoms with Crippen LogP contribution in [-0.4, -0.2) is 36.6 Å². The SMILES string of the molecule is O=C1C[NH+](Cc2c(O)c(C(=O)NCc3ccccc3)cc3ccccc23)CCN1. The van der Waals surface area contributed by atoms with Gasteiger partial charge in [0.05, 0.1) is 24.2 Å². The number of nitrogens with one attached hydrogen (secondary N) is 3. The lowest BCUT2D eigenvalue weighted by Crippen LogP contribution is -3.14. The Morgan fingerprint density at radius 3 is 2.66 bits per heavy atom. The summed E-state index contributed by atoms with van der Waals surface area (Å²) in [5, 5.41) is 18.5. The van der Waals surface area contributed by atoms with Crippen LogP contribution in [0.25, 0.3) is 10.8 Å². The van der Waals surface area contributed by atoms with Crippen molar-refractivity contribution in [2.24, 2.45) is 0 Å². The maximum atomic E-state index is 12.8. The summed E-state index contributed by atoms with van der Waals surface area (Å²) in [5.74, 6) is -0.315. The van der Waals surface area contributed by atoms with Crippen LogP contribution in [0.4, 0.5) is 0 Å². The highest BCUT2D eigenvalue weighted by Crippen LogP contribution is 2.31. The smallest absolute Gasteiger partial charge is 0.275 e. The van der Waals surface area contributed by atoms with Crippen molar-refractivity contribution < 1.29 is 19.6 Å². The highest BCUT2D eigenvalue weighted by molar-refractivity contribution is 6.03.